The van der Waals surface area contributed by atoms with Crippen molar-refractivity contribution in [3.63, 3.8) is 0 Å². The van der Waals surface area contributed by atoms with Crippen molar-refractivity contribution < 1.29 is 35.9 Å². The maximum Gasteiger partial charge on any atom is 0.416 e. The molecule has 54 heavy (non-hydrogen) atoms. The molecule has 0 radical (unpaired) electrons. The lowest BCUT2D eigenvalue weighted by Crippen LogP contribution is -2.46. The molecule has 1 unspecified atom stereocenters. The lowest BCUT2D eigenvalue weighted by molar-refractivity contribution is -0.158. The maximum atomic E-state index is 14.7. The number of rotatable bonds is 9. The molecular weight excluding hydrogens is 708 g/mol. The number of nitrogens with zero attached hydrogens (tertiary/aromatic N) is 4. The van der Waals surface area contributed by atoms with Crippen LogP contribution < -0.4 is 5.32 Å². The van der Waals surface area contributed by atoms with Gasteiger partial charge in [-0.15, -0.1) is 0 Å². The topological polar surface area (TPSA) is 60.9 Å². The van der Waals surface area contributed by atoms with E-state index in [1.165, 1.54) is 37.5 Å². The lowest BCUT2D eigenvalue weighted by atomic mass is 9.93. The number of fused-ring (bicyclic) bond motifs is 1. The van der Waals surface area contributed by atoms with Crippen LogP contribution in [0.1, 0.15) is 70.8 Å². The molecule has 0 saturated carbocycles. The summed E-state index contributed by atoms with van der Waals surface area (Å²) >= 11 is 0. The van der Waals surface area contributed by atoms with Crippen molar-refractivity contribution in [2.24, 2.45) is 0 Å². The monoisotopic (exact) mass is 753 g/mol. The Morgan fingerprint density at radius 2 is 1.54 bits per heavy atom. The van der Waals surface area contributed by atoms with Crippen molar-refractivity contribution in [1.29, 1.82) is 0 Å². The van der Waals surface area contributed by atoms with Crippen molar-refractivity contribution in [3.8, 4) is 11.3 Å². The zero-order chi connectivity index (χ0) is 37.9. The summed E-state index contributed by atoms with van der Waals surface area (Å²) < 4.78 is 91.7. The third kappa shape index (κ3) is 8.75. The molecule has 3 aliphatic heterocycles. The first-order valence-corrected chi connectivity index (χ1v) is 18.8. The molecule has 3 aliphatic rings. The molecule has 4 heterocycles. The molecule has 1 atom stereocenters. The highest BCUT2D eigenvalue weighted by Crippen LogP contribution is 2.38. The van der Waals surface area contributed by atoms with E-state index in [1.807, 2.05) is 0 Å². The van der Waals surface area contributed by atoms with E-state index >= 15 is 0 Å². The molecule has 0 bridgehead atoms. The number of carbonyl (C=O) groups excluding carboxylic acids is 1. The van der Waals surface area contributed by atoms with Crippen LogP contribution in [0.25, 0.3) is 22.2 Å². The fraction of sp³-hybridized carbons (Fsp3) is 0.463. The first-order chi connectivity index (χ1) is 26.0. The van der Waals surface area contributed by atoms with Crippen molar-refractivity contribution >= 4 is 16.8 Å². The zero-order valence-corrected chi connectivity index (χ0v) is 30.1. The number of pyridine rings is 1. The number of aromatic nitrogens is 1. The molecule has 288 valence electrons. The number of amides is 1. The van der Waals surface area contributed by atoms with Gasteiger partial charge in [-0.1, -0.05) is 48.9 Å². The van der Waals surface area contributed by atoms with E-state index in [9.17, 15) is 31.1 Å². The van der Waals surface area contributed by atoms with Gasteiger partial charge in [0.05, 0.1) is 30.0 Å². The van der Waals surface area contributed by atoms with Crippen LogP contribution in [0.2, 0.25) is 0 Å². The molecule has 7 rings (SSSR count). The van der Waals surface area contributed by atoms with Crippen LogP contribution in [-0.2, 0) is 24.0 Å². The van der Waals surface area contributed by atoms with E-state index in [4.69, 9.17) is 9.72 Å². The number of halogens is 6. The Balaban J connectivity index is 1.34. The summed E-state index contributed by atoms with van der Waals surface area (Å²) in [5.74, 6) is -0.236. The Morgan fingerprint density at radius 1 is 0.815 bits per heavy atom. The molecule has 3 fully saturated rings. The third-order valence-corrected chi connectivity index (χ3v) is 11.0. The van der Waals surface area contributed by atoms with Crippen LogP contribution >= 0.6 is 0 Å². The minimum Gasteiger partial charge on any atom is -0.378 e. The normalized spacial score (nSPS) is 19.0. The zero-order valence-electron chi connectivity index (χ0n) is 30.1. The number of hydrogen-bond donors (Lipinski definition) is 1. The molecular formula is C41H45F6N5O2. The van der Waals surface area contributed by atoms with E-state index in [0.717, 1.165) is 51.2 Å². The Kier molecular flexibility index (Phi) is 11.6. The number of carbonyl (C=O) groups is 1. The molecule has 1 N–H and O–H groups in total. The second kappa shape index (κ2) is 16.4. The minimum absolute atomic E-state index is 0.0333. The van der Waals surface area contributed by atoms with E-state index in [1.54, 1.807) is 47.4 Å². The molecule has 1 amide bonds. The van der Waals surface area contributed by atoms with E-state index in [-0.39, 0.29) is 35.8 Å². The summed E-state index contributed by atoms with van der Waals surface area (Å²) in [5.41, 5.74) is 1.40. The molecule has 13 heteroatoms. The molecule has 0 aliphatic carbocycles. The highest BCUT2D eigenvalue weighted by Gasteiger charge is 2.41. The molecule has 1 aromatic heterocycles. The van der Waals surface area contributed by atoms with Gasteiger partial charge in [-0.2, -0.15) is 26.3 Å². The van der Waals surface area contributed by atoms with E-state index in [0.29, 0.717) is 59.9 Å². The van der Waals surface area contributed by atoms with Crippen molar-refractivity contribution in [3.05, 3.63) is 101 Å². The summed E-state index contributed by atoms with van der Waals surface area (Å²) in [4.78, 5) is 25.1. The number of morpholine rings is 1. The maximum absolute atomic E-state index is 14.7. The van der Waals surface area contributed by atoms with Gasteiger partial charge in [0.2, 0.25) is 0 Å². The van der Waals surface area contributed by atoms with E-state index in [2.05, 4.69) is 15.1 Å². The standard InChI is InChI=1S/C41H45F6N5O2/c42-40(43,44)31-11-7-10-29(24-31)37-35(27-50-18-14-32(15-19-50)51-16-5-2-6-17-51)34(26-48-38(41(45,46)47)28-8-3-1-4-9-28)33-25-30(12-13-36(33)49-37)39(53)52-20-22-54-23-21-52/h1,3-4,7-13,24-25,32,38,48H,2,5-6,14-23,26-27H2. The Labute approximate surface area is 311 Å². The Bertz CT molecular complexity index is 1900. The van der Waals surface area contributed by atoms with E-state index < -0.39 is 24.0 Å². The van der Waals surface area contributed by atoms with Crippen LogP contribution in [0.3, 0.4) is 0 Å². The summed E-state index contributed by atoms with van der Waals surface area (Å²) in [6.45, 7) is 5.17. The number of benzene rings is 3. The van der Waals surface area contributed by atoms with Crippen molar-refractivity contribution in [2.75, 3.05) is 52.5 Å². The van der Waals surface area contributed by atoms with Gasteiger partial charge in [-0.25, -0.2) is 4.98 Å². The number of piperidine rings is 2. The van der Waals surface area contributed by atoms with Crippen LogP contribution in [0.4, 0.5) is 26.3 Å². The van der Waals surface area contributed by atoms with Gasteiger partial charge < -0.3 is 14.5 Å². The molecule has 7 nitrogen and oxygen atoms in total. The van der Waals surface area contributed by atoms with Crippen LogP contribution in [-0.4, -0.2) is 90.3 Å². The van der Waals surface area contributed by atoms with Gasteiger partial charge in [0.25, 0.3) is 5.91 Å². The second-order valence-electron chi connectivity index (χ2n) is 14.5. The molecule has 4 aromatic rings. The van der Waals surface area contributed by atoms with Crippen LogP contribution in [0.5, 0.6) is 0 Å². The quantitative estimate of drug-likeness (QED) is 0.174. The van der Waals surface area contributed by atoms with Crippen LogP contribution in [0.15, 0.2) is 72.8 Å². The Hall–Kier alpha value is -4.04. The van der Waals surface area contributed by atoms with Crippen molar-refractivity contribution in [2.45, 2.75) is 69.6 Å². The highest BCUT2D eigenvalue weighted by molar-refractivity contribution is 5.99. The van der Waals surface area contributed by atoms with Crippen molar-refractivity contribution in [1.82, 2.24) is 25.0 Å². The largest absolute Gasteiger partial charge is 0.416 e. The summed E-state index contributed by atoms with van der Waals surface area (Å²) in [5, 5.41) is 3.25. The number of likely N-dealkylation sites (tertiary alicyclic amines) is 2. The van der Waals surface area contributed by atoms with Crippen LogP contribution in [0, 0.1) is 0 Å². The van der Waals surface area contributed by atoms with Gasteiger partial charge in [0, 0.05) is 48.7 Å². The van der Waals surface area contributed by atoms with Gasteiger partial charge >= 0.3 is 12.4 Å². The fourth-order valence-electron chi connectivity index (χ4n) is 8.13. The second-order valence-corrected chi connectivity index (χ2v) is 14.5. The van der Waals surface area contributed by atoms with Gasteiger partial charge in [-0.05, 0) is 98.9 Å². The minimum atomic E-state index is -4.65. The molecule has 3 aromatic carbocycles. The van der Waals surface area contributed by atoms with Gasteiger partial charge in [0.1, 0.15) is 6.04 Å². The summed E-state index contributed by atoms with van der Waals surface area (Å²) in [7, 11) is 0. The first-order valence-electron chi connectivity index (χ1n) is 18.8. The number of ether oxygens (including phenoxy) is 1. The fourth-order valence-corrected chi connectivity index (χ4v) is 8.13. The average molecular weight is 754 g/mol. The highest BCUT2D eigenvalue weighted by atomic mass is 19.4. The van der Waals surface area contributed by atoms with Gasteiger partial charge in [-0.3, -0.25) is 15.0 Å². The summed E-state index contributed by atoms with van der Waals surface area (Å²) in [6, 6.07) is 15.8. The predicted molar refractivity (Wildman–Crippen MR) is 195 cm³/mol. The number of hydrogen-bond acceptors (Lipinski definition) is 6. The molecule has 3 saturated heterocycles. The SMILES string of the molecule is O=C(c1ccc2nc(-c3cccc(C(F)(F)F)c3)c(CN3CCC(N4CCCCC4)CC3)c(CNC(c3ccccc3)C(F)(F)F)c2c1)N1CCOCC1. The lowest BCUT2D eigenvalue weighted by Gasteiger charge is -2.40. The molecule has 0 spiro atoms. The summed E-state index contributed by atoms with van der Waals surface area (Å²) in [6.07, 6.45) is -3.85. The smallest absolute Gasteiger partial charge is 0.378 e. The van der Waals surface area contributed by atoms with Gasteiger partial charge in [0.15, 0.2) is 0 Å². The Morgan fingerprint density at radius 3 is 2.22 bits per heavy atom. The number of alkyl halides is 6. The predicted octanol–water partition coefficient (Wildman–Crippen LogP) is 8.24. The third-order valence-electron chi connectivity index (χ3n) is 11.0. The number of nitrogens with one attached hydrogen (secondary N) is 1. The average Bonchev–Trinajstić information content (AvgIpc) is 3.18. The first kappa shape index (κ1) is 38.2.